The van der Waals surface area contributed by atoms with Gasteiger partial charge in [0.2, 0.25) is 0 Å². The summed E-state index contributed by atoms with van der Waals surface area (Å²) in [6.45, 7) is 1.67. The lowest BCUT2D eigenvalue weighted by atomic mass is 10.0. The standard InChI is InChI=1S/C20H20ClN5/c21-17-8-3-5-15(13-17)10-11-22-19-14-23-25-20(24-19)26-12-4-7-16-6-1-2-9-18(16)26/h1-3,5-6,8-9,13-14H,4,7,10-12H2,(H,22,24,25). The molecule has 0 spiro atoms. The summed E-state index contributed by atoms with van der Waals surface area (Å²) in [6.07, 6.45) is 4.72. The van der Waals surface area contributed by atoms with E-state index < -0.39 is 0 Å². The van der Waals surface area contributed by atoms with Gasteiger partial charge in [0.1, 0.15) is 0 Å². The Kier molecular flexibility index (Phi) is 4.97. The molecule has 0 fully saturated rings. The third-order valence-electron chi connectivity index (χ3n) is 4.51. The Balaban J connectivity index is 1.46. The number of fused-ring (bicyclic) bond motifs is 1. The van der Waals surface area contributed by atoms with Crippen molar-refractivity contribution in [2.24, 2.45) is 0 Å². The van der Waals surface area contributed by atoms with E-state index in [9.17, 15) is 0 Å². The molecule has 0 unspecified atom stereocenters. The van der Waals surface area contributed by atoms with Crippen molar-refractivity contribution in [3.05, 3.63) is 70.9 Å². The maximum Gasteiger partial charge on any atom is 0.251 e. The molecule has 1 N–H and O–H groups in total. The SMILES string of the molecule is Clc1cccc(CCNc2cnnc(N3CCCc4ccccc43)n2)c1. The molecule has 0 bridgehead atoms. The minimum Gasteiger partial charge on any atom is -0.368 e. The van der Waals surface area contributed by atoms with Gasteiger partial charge in [-0.3, -0.25) is 0 Å². The third-order valence-corrected chi connectivity index (χ3v) is 4.74. The average Bonchev–Trinajstić information content (AvgIpc) is 2.68. The maximum atomic E-state index is 6.03. The molecule has 0 aliphatic carbocycles. The van der Waals surface area contributed by atoms with Crippen LogP contribution in [-0.2, 0) is 12.8 Å². The Morgan fingerprint density at radius 3 is 2.96 bits per heavy atom. The van der Waals surface area contributed by atoms with Crippen molar-refractivity contribution < 1.29 is 0 Å². The molecular formula is C20H20ClN5. The number of aromatic nitrogens is 3. The van der Waals surface area contributed by atoms with E-state index in [0.29, 0.717) is 5.95 Å². The number of benzene rings is 2. The lowest BCUT2D eigenvalue weighted by Gasteiger charge is -2.29. The van der Waals surface area contributed by atoms with Gasteiger partial charge in [-0.15, -0.1) is 5.10 Å². The summed E-state index contributed by atoms with van der Waals surface area (Å²) in [5, 5.41) is 12.5. The van der Waals surface area contributed by atoms with Gasteiger partial charge in [-0.2, -0.15) is 10.1 Å². The molecule has 0 amide bonds. The number of hydrogen-bond donors (Lipinski definition) is 1. The van der Waals surface area contributed by atoms with Crippen molar-refractivity contribution in [2.45, 2.75) is 19.3 Å². The van der Waals surface area contributed by atoms with Crippen LogP contribution in [0.25, 0.3) is 0 Å². The zero-order valence-electron chi connectivity index (χ0n) is 14.4. The van der Waals surface area contributed by atoms with E-state index in [1.165, 1.54) is 16.8 Å². The zero-order valence-corrected chi connectivity index (χ0v) is 15.2. The largest absolute Gasteiger partial charge is 0.368 e. The van der Waals surface area contributed by atoms with Gasteiger partial charge in [0.15, 0.2) is 5.82 Å². The number of nitrogens with one attached hydrogen (secondary N) is 1. The zero-order chi connectivity index (χ0) is 17.8. The Morgan fingerprint density at radius 1 is 1.12 bits per heavy atom. The highest BCUT2D eigenvalue weighted by atomic mass is 35.5. The average molecular weight is 366 g/mol. The van der Waals surface area contributed by atoms with Crippen molar-refractivity contribution in [1.29, 1.82) is 0 Å². The highest BCUT2D eigenvalue weighted by Gasteiger charge is 2.20. The van der Waals surface area contributed by atoms with Gasteiger partial charge >= 0.3 is 0 Å². The first-order valence-corrected chi connectivity index (χ1v) is 9.21. The predicted octanol–water partition coefficient (Wildman–Crippen LogP) is 4.26. The Hall–Kier alpha value is -2.66. The van der Waals surface area contributed by atoms with Crippen LogP contribution in [0.3, 0.4) is 0 Å². The van der Waals surface area contributed by atoms with Gasteiger partial charge in [-0.25, -0.2) is 0 Å². The number of aryl methyl sites for hydroxylation is 1. The summed E-state index contributed by atoms with van der Waals surface area (Å²) < 4.78 is 0. The molecule has 132 valence electrons. The molecule has 0 saturated carbocycles. The second-order valence-corrected chi connectivity index (χ2v) is 6.77. The van der Waals surface area contributed by atoms with Gasteiger partial charge in [0.05, 0.1) is 6.20 Å². The second kappa shape index (κ2) is 7.70. The monoisotopic (exact) mass is 365 g/mol. The Bertz CT molecular complexity index is 899. The predicted molar refractivity (Wildman–Crippen MR) is 105 cm³/mol. The lowest BCUT2D eigenvalue weighted by molar-refractivity contribution is 0.741. The molecule has 1 aliphatic rings. The summed E-state index contributed by atoms with van der Waals surface area (Å²) in [6, 6.07) is 16.3. The summed E-state index contributed by atoms with van der Waals surface area (Å²) in [5.41, 5.74) is 3.70. The van der Waals surface area contributed by atoms with Crippen molar-refractivity contribution in [2.75, 3.05) is 23.3 Å². The fraction of sp³-hybridized carbons (Fsp3) is 0.250. The van der Waals surface area contributed by atoms with Gasteiger partial charge in [0.25, 0.3) is 5.95 Å². The van der Waals surface area contributed by atoms with Gasteiger partial charge < -0.3 is 10.2 Å². The molecule has 1 aromatic heterocycles. The van der Waals surface area contributed by atoms with E-state index in [1.54, 1.807) is 6.20 Å². The molecule has 5 nitrogen and oxygen atoms in total. The summed E-state index contributed by atoms with van der Waals surface area (Å²) in [7, 11) is 0. The fourth-order valence-electron chi connectivity index (χ4n) is 3.26. The van der Waals surface area contributed by atoms with E-state index in [1.807, 2.05) is 18.2 Å². The molecule has 1 aliphatic heterocycles. The molecule has 2 heterocycles. The van der Waals surface area contributed by atoms with E-state index in [2.05, 4.69) is 55.7 Å². The minimum atomic E-state index is 0.643. The van der Waals surface area contributed by atoms with Crippen LogP contribution in [0.1, 0.15) is 17.5 Å². The molecule has 3 aromatic rings. The Labute approximate surface area is 158 Å². The highest BCUT2D eigenvalue weighted by Crippen LogP contribution is 2.31. The quantitative estimate of drug-likeness (QED) is 0.732. The van der Waals surface area contributed by atoms with Gasteiger partial charge in [-0.05, 0) is 48.6 Å². The first kappa shape index (κ1) is 16.8. The van der Waals surface area contributed by atoms with E-state index in [-0.39, 0.29) is 0 Å². The molecule has 6 heteroatoms. The van der Waals surface area contributed by atoms with E-state index in [4.69, 9.17) is 11.6 Å². The number of para-hydroxylation sites is 1. The van der Waals surface area contributed by atoms with Gasteiger partial charge in [-0.1, -0.05) is 41.9 Å². The van der Waals surface area contributed by atoms with Crippen molar-refractivity contribution in [3.63, 3.8) is 0 Å². The highest BCUT2D eigenvalue weighted by molar-refractivity contribution is 6.30. The van der Waals surface area contributed by atoms with Crippen LogP contribution < -0.4 is 10.2 Å². The lowest BCUT2D eigenvalue weighted by Crippen LogP contribution is -2.26. The van der Waals surface area contributed by atoms with E-state index in [0.717, 1.165) is 43.2 Å². The van der Waals surface area contributed by atoms with Crippen LogP contribution in [0.5, 0.6) is 0 Å². The molecule has 26 heavy (non-hydrogen) atoms. The van der Waals surface area contributed by atoms with Crippen molar-refractivity contribution >= 4 is 29.1 Å². The molecule has 2 aromatic carbocycles. The maximum absolute atomic E-state index is 6.03. The minimum absolute atomic E-state index is 0.643. The number of rotatable bonds is 5. The molecular weight excluding hydrogens is 346 g/mol. The summed E-state index contributed by atoms with van der Waals surface area (Å²) in [5.74, 6) is 1.38. The van der Waals surface area contributed by atoms with Crippen LogP contribution in [0.4, 0.5) is 17.5 Å². The number of hydrogen-bond acceptors (Lipinski definition) is 5. The van der Waals surface area contributed by atoms with Crippen LogP contribution in [-0.4, -0.2) is 28.3 Å². The van der Waals surface area contributed by atoms with Crippen LogP contribution in [0.2, 0.25) is 5.02 Å². The van der Waals surface area contributed by atoms with Crippen molar-refractivity contribution in [1.82, 2.24) is 15.2 Å². The van der Waals surface area contributed by atoms with E-state index >= 15 is 0 Å². The fourth-order valence-corrected chi connectivity index (χ4v) is 3.48. The first-order valence-electron chi connectivity index (χ1n) is 8.83. The van der Waals surface area contributed by atoms with Crippen LogP contribution >= 0.6 is 11.6 Å². The normalized spacial score (nSPS) is 13.3. The Morgan fingerprint density at radius 2 is 2.04 bits per heavy atom. The number of halogens is 1. The van der Waals surface area contributed by atoms with Crippen LogP contribution in [0.15, 0.2) is 54.7 Å². The van der Waals surface area contributed by atoms with Crippen molar-refractivity contribution in [3.8, 4) is 0 Å². The molecule has 0 atom stereocenters. The topological polar surface area (TPSA) is 53.9 Å². The number of nitrogens with zero attached hydrogens (tertiary/aromatic N) is 4. The molecule has 0 saturated heterocycles. The third kappa shape index (κ3) is 3.78. The second-order valence-electron chi connectivity index (χ2n) is 6.33. The number of anilines is 3. The van der Waals surface area contributed by atoms with Crippen LogP contribution in [0, 0.1) is 0 Å². The smallest absolute Gasteiger partial charge is 0.251 e. The molecule has 0 radical (unpaired) electrons. The van der Waals surface area contributed by atoms with Gasteiger partial charge in [0, 0.05) is 23.8 Å². The first-order chi connectivity index (χ1) is 12.8. The summed E-state index contributed by atoms with van der Waals surface area (Å²) in [4.78, 5) is 6.81. The summed E-state index contributed by atoms with van der Waals surface area (Å²) >= 11 is 6.03. The molecule has 4 rings (SSSR count).